The minimum Gasteiger partial charge on any atom is -0.378 e. The Morgan fingerprint density at radius 3 is 2.83 bits per heavy atom. The summed E-state index contributed by atoms with van der Waals surface area (Å²) >= 11 is 0. The number of rotatable bonds is 3. The highest BCUT2D eigenvalue weighted by Gasteiger charge is 2.22. The smallest absolute Gasteiger partial charge is 0.253 e. The number of aliphatic hydroxyl groups is 1. The maximum Gasteiger partial charge on any atom is 0.253 e. The Morgan fingerprint density at radius 1 is 1.42 bits per heavy atom. The van der Waals surface area contributed by atoms with E-state index in [4.69, 9.17) is 0 Å². The minimum absolute atomic E-state index is 0.0147. The maximum absolute atomic E-state index is 12.7. The Morgan fingerprint density at radius 2 is 2.17 bits per heavy atom. The van der Waals surface area contributed by atoms with Gasteiger partial charge >= 0.3 is 0 Å². The third kappa shape index (κ3) is 5.36. The van der Waals surface area contributed by atoms with Crippen LogP contribution >= 0.6 is 0 Å². The fourth-order valence-electron chi connectivity index (χ4n) is 2.95. The second-order valence-electron chi connectivity index (χ2n) is 7.21. The van der Waals surface area contributed by atoms with Gasteiger partial charge in [-0.2, -0.15) is 0 Å². The Hall–Kier alpha value is -1.83. The standard InChI is InChI=1S/C20H28N2O2/c1-20(2,24)12-11-16-8-7-9-17(14-16)19(23)22(4)15-18-10-5-6-13-21(18)3/h7-9,14,18,24H,5-6,10,13,15H2,1-4H3/t18-/m0/s1. The average Bonchev–Trinajstić information content (AvgIpc) is 2.54. The van der Waals surface area contributed by atoms with E-state index in [0.717, 1.165) is 25.1 Å². The van der Waals surface area contributed by atoms with Gasteiger partial charge in [0.1, 0.15) is 5.60 Å². The van der Waals surface area contributed by atoms with Gasteiger partial charge in [-0.15, -0.1) is 0 Å². The van der Waals surface area contributed by atoms with Crippen LogP contribution < -0.4 is 0 Å². The molecule has 1 atom stereocenters. The van der Waals surface area contributed by atoms with Crippen molar-refractivity contribution < 1.29 is 9.90 Å². The van der Waals surface area contributed by atoms with Crippen LogP contribution in [0.25, 0.3) is 0 Å². The molecule has 0 aliphatic carbocycles. The van der Waals surface area contributed by atoms with Crippen LogP contribution in [0.2, 0.25) is 0 Å². The molecule has 0 bridgehead atoms. The average molecular weight is 328 g/mol. The van der Waals surface area contributed by atoms with Gasteiger partial charge in [0, 0.05) is 30.8 Å². The first-order valence-electron chi connectivity index (χ1n) is 8.57. The molecule has 1 aromatic rings. The molecule has 1 amide bonds. The first kappa shape index (κ1) is 18.5. The Balaban J connectivity index is 2.07. The van der Waals surface area contributed by atoms with E-state index in [1.165, 1.54) is 12.8 Å². The maximum atomic E-state index is 12.7. The number of amides is 1. The molecule has 1 aliphatic heterocycles. The van der Waals surface area contributed by atoms with Crippen molar-refractivity contribution in [1.82, 2.24) is 9.80 Å². The molecule has 0 saturated carbocycles. The highest BCUT2D eigenvalue weighted by atomic mass is 16.3. The highest BCUT2D eigenvalue weighted by Crippen LogP contribution is 2.17. The third-order valence-corrected chi connectivity index (χ3v) is 4.38. The summed E-state index contributed by atoms with van der Waals surface area (Å²) in [5, 5.41) is 9.70. The third-order valence-electron chi connectivity index (χ3n) is 4.38. The molecule has 130 valence electrons. The molecule has 4 heteroatoms. The van der Waals surface area contributed by atoms with Gasteiger partial charge in [-0.1, -0.05) is 24.3 Å². The molecule has 4 nitrogen and oxygen atoms in total. The summed E-state index contributed by atoms with van der Waals surface area (Å²) in [6, 6.07) is 7.74. The van der Waals surface area contributed by atoms with Crippen LogP contribution in [-0.2, 0) is 0 Å². The van der Waals surface area contributed by atoms with Crippen molar-refractivity contribution in [3.63, 3.8) is 0 Å². The summed E-state index contributed by atoms with van der Waals surface area (Å²) in [5.74, 6) is 5.72. The number of piperidine rings is 1. The molecule has 2 rings (SSSR count). The Bertz CT molecular complexity index is 637. The van der Waals surface area contributed by atoms with Crippen LogP contribution in [0.15, 0.2) is 24.3 Å². The van der Waals surface area contributed by atoms with Crippen molar-refractivity contribution in [1.29, 1.82) is 0 Å². The van der Waals surface area contributed by atoms with E-state index in [1.54, 1.807) is 24.8 Å². The summed E-state index contributed by atoms with van der Waals surface area (Å²) < 4.78 is 0. The number of carbonyl (C=O) groups excluding carboxylic acids is 1. The lowest BCUT2D eigenvalue weighted by Gasteiger charge is -2.35. The summed E-state index contributed by atoms with van der Waals surface area (Å²) in [6.07, 6.45) is 3.62. The lowest BCUT2D eigenvalue weighted by molar-refractivity contribution is 0.0717. The van der Waals surface area contributed by atoms with E-state index in [1.807, 2.05) is 25.2 Å². The molecule has 24 heavy (non-hydrogen) atoms. The molecule has 0 unspecified atom stereocenters. The second kappa shape index (κ2) is 7.83. The first-order valence-corrected chi connectivity index (χ1v) is 8.57. The van der Waals surface area contributed by atoms with Gasteiger partial charge in [0.2, 0.25) is 0 Å². The molecule has 1 aliphatic rings. The van der Waals surface area contributed by atoms with E-state index in [2.05, 4.69) is 23.8 Å². The molecule has 1 fully saturated rings. The fourth-order valence-corrected chi connectivity index (χ4v) is 2.95. The number of carbonyl (C=O) groups is 1. The molecule has 1 heterocycles. The first-order chi connectivity index (χ1) is 11.3. The SMILES string of the molecule is CN(C[C@@H]1CCCCN1C)C(=O)c1cccc(C#CC(C)(C)O)c1. The summed E-state index contributed by atoms with van der Waals surface area (Å²) in [4.78, 5) is 16.8. The van der Waals surface area contributed by atoms with Crippen molar-refractivity contribution in [3.05, 3.63) is 35.4 Å². The molecule has 0 spiro atoms. The predicted molar refractivity (Wildman–Crippen MR) is 96.8 cm³/mol. The van der Waals surface area contributed by atoms with Crippen molar-refractivity contribution in [3.8, 4) is 11.8 Å². The molecule has 0 radical (unpaired) electrons. The molecular weight excluding hydrogens is 300 g/mol. The topological polar surface area (TPSA) is 43.8 Å². The van der Waals surface area contributed by atoms with Gasteiger partial charge in [0.25, 0.3) is 5.91 Å². The minimum atomic E-state index is -1.04. The predicted octanol–water partition coefficient (Wildman–Crippen LogP) is 2.37. The Labute approximate surface area is 145 Å². The lowest BCUT2D eigenvalue weighted by Crippen LogP contribution is -2.45. The van der Waals surface area contributed by atoms with Crippen LogP contribution in [0.5, 0.6) is 0 Å². The summed E-state index contributed by atoms with van der Waals surface area (Å²) in [6.45, 7) is 5.14. The molecule has 1 N–H and O–H groups in total. The van der Waals surface area contributed by atoms with Gasteiger partial charge in [-0.05, 0) is 58.5 Å². The van der Waals surface area contributed by atoms with E-state index >= 15 is 0 Å². The molecule has 1 aromatic carbocycles. The number of nitrogens with zero attached hydrogens (tertiary/aromatic N) is 2. The van der Waals surface area contributed by atoms with E-state index in [0.29, 0.717) is 11.6 Å². The zero-order valence-electron chi connectivity index (χ0n) is 15.2. The number of benzene rings is 1. The number of hydrogen-bond donors (Lipinski definition) is 1. The number of hydrogen-bond acceptors (Lipinski definition) is 3. The zero-order chi connectivity index (χ0) is 17.7. The number of likely N-dealkylation sites (N-methyl/N-ethyl adjacent to an activating group) is 2. The normalized spacial score (nSPS) is 18.6. The summed E-state index contributed by atoms with van der Waals surface area (Å²) in [5.41, 5.74) is 0.340. The van der Waals surface area contributed by atoms with Crippen LogP contribution in [0, 0.1) is 11.8 Å². The van der Waals surface area contributed by atoms with Crippen LogP contribution in [0.1, 0.15) is 49.0 Å². The monoisotopic (exact) mass is 328 g/mol. The van der Waals surface area contributed by atoms with Crippen molar-refractivity contribution in [2.45, 2.75) is 44.8 Å². The quantitative estimate of drug-likeness (QED) is 0.867. The fraction of sp³-hybridized carbons (Fsp3) is 0.550. The van der Waals surface area contributed by atoms with Crippen molar-refractivity contribution in [2.75, 3.05) is 27.2 Å². The van der Waals surface area contributed by atoms with Gasteiger partial charge < -0.3 is 14.9 Å². The number of likely N-dealkylation sites (tertiary alicyclic amines) is 1. The largest absolute Gasteiger partial charge is 0.378 e. The van der Waals surface area contributed by atoms with E-state index in [-0.39, 0.29) is 5.91 Å². The zero-order valence-corrected chi connectivity index (χ0v) is 15.2. The van der Waals surface area contributed by atoms with Crippen molar-refractivity contribution >= 4 is 5.91 Å². The van der Waals surface area contributed by atoms with Gasteiger partial charge in [0.05, 0.1) is 0 Å². The second-order valence-corrected chi connectivity index (χ2v) is 7.21. The van der Waals surface area contributed by atoms with E-state index < -0.39 is 5.60 Å². The van der Waals surface area contributed by atoms with Crippen molar-refractivity contribution in [2.24, 2.45) is 0 Å². The van der Waals surface area contributed by atoms with Crippen LogP contribution in [0.3, 0.4) is 0 Å². The highest BCUT2D eigenvalue weighted by molar-refractivity contribution is 5.94. The molecular formula is C20H28N2O2. The van der Waals surface area contributed by atoms with E-state index in [9.17, 15) is 9.90 Å². The molecule has 0 aromatic heterocycles. The van der Waals surface area contributed by atoms with Gasteiger partial charge in [0.15, 0.2) is 0 Å². The van der Waals surface area contributed by atoms with Crippen LogP contribution in [0.4, 0.5) is 0 Å². The van der Waals surface area contributed by atoms with Gasteiger partial charge in [-0.25, -0.2) is 0 Å². The lowest BCUT2D eigenvalue weighted by atomic mass is 10.0. The summed E-state index contributed by atoms with van der Waals surface area (Å²) in [7, 11) is 3.99. The molecule has 1 saturated heterocycles. The van der Waals surface area contributed by atoms with Gasteiger partial charge in [-0.3, -0.25) is 4.79 Å². The Kier molecular flexibility index (Phi) is 6.04. The van der Waals surface area contributed by atoms with Crippen LogP contribution in [-0.4, -0.2) is 59.6 Å².